The molecule has 0 fully saturated rings. The van der Waals surface area contributed by atoms with Crippen LogP contribution >= 0.6 is 15.9 Å². The lowest BCUT2D eigenvalue weighted by Crippen LogP contribution is -2.04. The maximum absolute atomic E-state index is 5.00. The Balaban J connectivity index is 2.31. The Labute approximate surface area is 100 Å². The van der Waals surface area contributed by atoms with E-state index in [0.717, 1.165) is 30.5 Å². The van der Waals surface area contributed by atoms with Gasteiger partial charge in [0, 0.05) is 30.4 Å². The van der Waals surface area contributed by atoms with Crippen LogP contribution < -0.4 is 5.32 Å². The topological polar surface area (TPSA) is 21.3 Å². The van der Waals surface area contributed by atoms with Crippen molar-refractivity contribution in [2.45, 2.75) is 19.8 Å². The third-order valence-electron chi connectivity index (χ3n) is 2.28. The molecule has 0 atom stereocenters. The molecule has 15 heavy (non-hydrogen) atoms. The summed E-state index contributed by atoms with van der Waals surface area (Å²) in [5.41, 5.74) is 2.49. The lowest BCUT2D eigenvalue weighted by atomic mass is 10.2. The summed E-state index contributed by atoms with van der Waals surface area (Å²) in [4.78, 5) is 0. The number of ether oxygens (including phenoxy) is 1. The molecule has 1 aromatic rings. The molecule has 3 heteroatoms. The van der Waals surface area contributed by atoms with Gasteiger partial charge in [0.05, 0.1) is 0 Å². The summed E-state index contributed by atoms with van der Waals surface area (Å²) < 4.78 is 6.13. The Morgan fingerprint density at radius 2 is 2.13 bits per heavy atom. The van der Waals surface area contributed by atoms with Gasteiger partial charge < -0.3 is 10.1 Å². The highest BCUT2D eigenvalue weighted by molar-refractivity contribution is 9.10. The zero-order valence-corrected chi connectivity index (χ0v) is 10.9. The van der Waals surface area contributed by atoms with Crippen LogP contribution in [0.2, 0.25) is 0 Å². The van der Waals surface area contributed by atoms with Crippen LogP contribution in [0.15, 0.2) is 22.7 Å². The Hall–Kier alpha value is -0.540. The molecule has 0 heterocycles. The first-order valence-electron chi connectivity index (χ1n) is 5.23. The summed E-state index contributed by atoms with van der Waals surface area (Å²) in [6, 6.07) is 6.29. The number of halogens is 1. The van der Waals surface area contributed by atoms with Gasteiger partial charge >= 0.3 is 0 Å². The van der Waals surface area contributed by atoms with Gasteiger partial charge in [-0.15, -0.1) is 0 Å². The first kappa shape index (κ1) is 12.5. The average molecular weight is 272 g/mol. The molecule has 0 amide bonds. The van der Waals surface area contributed by atoms with Crippen LogP contribution in [-0.4, -0.2) is 20.3 Å². The van der Waals surface area contributed by atoms with Gasteiger partial charge in [0.25, 0.3) is 0 Å². The number of hydrogen-bond donors (Lipinski definition) is 1. The van der Waals surface area contributed by atoms with Crippen molar-refractivity contribution in [3.63, 3.8) is 0 Å². The molecule has 2 nitrogen and oxygen atoms in total. The highest BCUT2D eigenvalue weighted by Gasteiger charge is 1.97. The zero-order valence-electron chi connectivity index (χ0n) is 9.35. The number of methoxy groups -OCH3 is 1. The number of anilines is 1. The van der Waals surface area contributed by atoms with Gasteiger partial charge in [-0.25, -0.2) is 0 Å². The molecule has 1 rings (SSSR count). The van der Waals surface area contributed by atoms with E-state index in [1.165, 1.54) is 11.3 Å². The fourth-order valence-corrected chi connectivity index (χ4v) is 1.90. The van der Waals surface area contributed by atoms with Gasteiger partial charge in [0.15, 0.2) is 0 Å². The number of nitrogens with one attached hydrogen (secondary N) is 1. The molecule has 84 valence electrons. The third kappa shape index (κ3) is 4.67. The largest absolute Gasteiger partial charge is 0.385 e. The van der Waals surface area contributed by atoms with E-state index in [9.17, 15) is 0 Å². The molecule has 0 aliphatic rings. The predicted molar refractivity (Wildman–Crippen MR) is 68.5 cm³/mol. The fraction of sp³-hybridized carbons (Fsp3) is 0.500. The molecule has 0 spiro atoms. The highest BCUT2D eigenvalue weighted by Crippen LogP contribution is 2.19. The molecule has 1 aromatic carbocycles. The van der Waals surface area contributed by atoms with E-state index in [1.54, 1.807) is 7.11 Å². The third-order valence-corrected chi connectivity index (χ3v) is 2.77. The Morgan fingerprint density at radius 1 is 1.33 bits per heavy atom. The summed E-state index contributed by atoms with van der Waals surface area (Å²) in [5, 5.41) is 3.42. The SMILES string of the molecule is COCCCCNc1ccc(Br)cc1C. The van der Waals surface area contributed by atoms with Gasteiger partial charge in [-0.2, -0.15) is 0 Å². The first-order chi connectivity index (χ1) is 7.24. The number of unbranched alkanes of at least 4 members (excludes halogenated alkanes) is 1. The van der Waals surface area contributed by atoms with Gasteiger partial charge in [-0.1, -0.05) is 15.9 Å². The van der Waals surface area contributed by atoms with Crippen molar-refractivity contribution in [3.8, 4) is 0 Å². The molecule has 0 bridgehead atoms. The second-order valence-electron chi connectivity index (χ2n) is 3.59. The first-order valence-corrected chi connectivity index (χ1v) is 6.02. The summed E-state index contributed by atoms with van der Waals surface area (Å²) in [7, 11) is 1.74. The molecule has 1 N–H and O–H groups in total. The second-order valence-corrected chi connectivity index (χ2v) is 4.50. The van der Waals surface area contributed by atoms with E-state index in [-0.39, 0.29) is 0 Å². The molecule has 0 unspecified atom stereocenters. The van der Waals surface area contributed by atoms with E-state index in [1.807, 2.05) is 0 Å². The van der Waals surface area contributed by atoms with Crippen molar-refractivity contribution in [2.24, 2.45) is 0 Å². The predicted octanol–water partition coefficient (Wildman–Crippen LogP) is 3.60. The number of hydrogen-bond acceptors (Lipinski definition) is 2. The molecular formula is C12H18BrNO. The Morgan fingerprint density at radius 3 is 2.80 bits per heavy atom. The van der Waals surface area contributed by atoms with Crippen molar-refractivity contribution >= 4 is 21.6 Å². The number of aryl methyl sites for hydroxylation is 1. The van der Waals surface area contributed by atoms with Crippen LogP contribution in [0, 0.1) is 6.92 Å². The Bertz CT molecular complexity index is 302. The van der Waals surface area contributed by atoms with Crippen LogP contribution in [0.5, 0.6) is 0 Å². The minimum Gasteiger partial charge on any atom is -0.385 e. The monoisotopic (exact) mass is 271 g/mol. The smallest absolute Gasteiger partial charge is 0.0462 e. The molecule has 0 aliphatic carbocycles. The molecule has 0 aliphatic heterocycles. The van der Waals surface area contributed by atoms with Gasteiger partial charge in [-0.05, 0) is 43.5 Å². The van der Waals surface area contributed by atoms with E-state index in [4.69, 9.17) is 4.74 Å². The van der Waals surface area contributed by atoms with Gasteiger partial charge in [0.2, 0.25) is 0 Å². The van der Waals surface area contributed by atoms with Crippen LogP contribution in [0.25, 0.3) is 0 Å². The second kappa shape index (κ2) is 6.85. The summed E-state index contributed by atoms with van der Waals surface area (Å²) in [5.74, 6) is 0. The minimum atomic E-state index is 0.848. The van der Waals surface area contributed by atoms with Crippen molar-refractivity contribution in [3.05, 3.63) is 28.2 Å². The van der Waals surface area contributed by atoms with Crippen LogP contribution in [-0.2, 0) is 4.74 Å². The fourth-order valence-electron chi connectivity index (χ4n) is 1.42. The maximum Gasteiger partial charge on any atom is 0.0462 e. The molecule has 0 saturated heterocycles. The zero-order chi connectivity index (χ0) is 11.1. The number of benzene rings is 1. The minimum absolute atomic E-state index is 0.848. The van der Waals surface area contributed by atoms with E-state index in [2.05, 4.69) is 46.4 Å². The average Bonchev–Trinajstić information content (AvgIpc) is 2.20. The van der Waals surface area contributed by atoms with Crippen LogP contribution in [0.1, 0.15) is 18.4 Å². The van der Waals surface area contributed by atoms with Crippen LogP contribution in [0.3, 0.4) is 0 Å². The van der Waals surface area contributed by atoms with E-state index >= 15 is 0 Å². The lowest BCUT2D eigenvalue weighted by molar-refractivity contribution is 0.194. The van der Waals surface area contributed by atoms with Crippen molar-refractivity contribution < 1.29 is 4.74 Å². The highest BCUT2D eigenvalue weighted by atomic mass is 79.9. The normalized spacial score (nSPS) is 10.3. The summed E-state index contributed by atoms with van der Waals surface area (Å²) in [6.45, 7) is 3.97. The van der Waals surface area contributed by atoms with Gasteiger partial charge in [0.1, 0.15) is 0 Å². The van der Waals surface area contributed by atoms with Gasteiger partial charge in [-0.3, -0.25) is 0 Å². The standard InChI is InChI=1S/C12H18BrNO/c1-10-9-11(13)5-6-12(10)14-7-3-4-8-15-2/h5-6,9,14H,3-4,7-8H2,1-2H3. The van der Waals surface area contributed by atoms with E-state index < -0.39 is 0 Å². The molecule has 0 saturated carbocycles. The van der Waals surface area contributed by atoms with Crippen LogP contribution in [0.4, 0.5) is 5.69 Å². The van der Waals surface area contributed by atoms with E-state index in [0.29, 0.717) is 0 Å². The molecule has 0 radical (unpaired) electrons. The summed E-state index contributed by atoms with van der Waals surface area (Å²) in [6.07, 6.45) is 2.25. The molecule has 0 aromatic heterocycles. The number of rotatable bonds is 6. The quantitative estimate of drug-likeness (QED) is 0.799. The maximum atomic E-state index is 5.00. The summed E-state index contributed by atoms with van der Waals surface area (Å²) >= 11 is 3.45. The van der Waals surface area contributed by atoms with Crippen molar-refractivity contribution in [1.82, 2.24) is 0 Å². The molecular weight excluding hydrogens is 254 g/mol. The van der Waals surface area contributed by atoms with Crippen molar-refractivity contribution in [1.29, 1.82) is 0 Å². The lowest BCUT2D eigenvalue weighted by Gasteiger charge is -2.09. The van der Waals surface area contributed by atoms with Crippen molar-refractivity contribution in [2.75, 3.05) is 25.6 Å². The Kier molecular flexibility index (Phi) is 5.73.